The van der Waals surface area contributed by atoms with Gasteiger partial charge >= 0.3 is 5.97 Å². The monoisotopic (exact) mass is 297 g/mol. The van der Waals surface area contributed by atoms with Crippen molar-refractivity contribution in [2.45, 2.75) is 26.2 Å². The summed E-state index contributed by atoms with van der Waals surface area (Å²) in [6, 6.07) is 7.48. The highest BCUT2D eigenvalue weighted by molar-refractivity contribution is 5.89. The Bertz CT molecular complexity index is 594. The highest BCUT2D eigenvalue weighted by Crippen LogP contribution is 2.21. The van der Waals surface area contributed by atoms with Crippen molar-refractivity contribution in [3.8, 4) is 0 Å². The molecule has 0 saturated carbocycles. The summed E-state index contributed by atoms with van der Waals surface area (Å²) < 4.78 is 4.72. The van der Waals surface area contributed by atoms with Gasteiger partial charge in [-0.25, -0.2) is 4.79 Å². The first-order valence-corrected chi connectivity index (χ1v) is 7.74. The fourth-order valence-electron chi connectivity index (χ4n) is 2.32. The number of carbonyl (C=O) groups is 1. The van der Waals surface area contributed by atoms with E-state index in [2.05, 4.69) is 36.5 Å². The maximum Gasteiger partial charge on any atom is 0.337 e. The van der Waals surface area contributed by atoms with Crippen LogP contribution in [0.4, 0.5) is 0 Å². The van der Waals surface area contributed by atoms with E-state index in [9.17, 15) is 4.79 Å². The van der Waals surface area contributed by atoms with Crippen LogP contribution in [0, 0.1) is 0 Å². The average Bonchev–Trinajstić information content (AvgIpc) is 2.56. The third kappa shape index (κ3) is 4.35. The van der Waals surface area contributed by atoms with Crippen molar-refractivity contribution in [2.75, 3.05) is 13.7 Å². The number of nitrogens with one attached hydrogen (secondary N) is 1. The summed E-state index contributed by atoms with van der Waals surface area (Å²) >= 11 is 0. The molecule has 116 valence electrons. The second-order valence-electron chi connectivity index (χ2n) is 5.28. The lowest BCUT2D eigenvalue weighted by atomic mass is 10.00. The van der Waals surface area contributed by atoms with Gasteiger partial charge in [-0.2, -0.15) is 0 Å². The van der Waals surface area contributed by atoms with Gasteiger partial charge in [0.15, 0.2) is 0 Å². The highest BCUT2D eigenvalue weighted by atomic mass is 16.5. The molecular weight excluding hydrogens is 274 g/mol. The van der Waals surface area contributed by atoms with Crippen LogP contribution in [-0.2, 0) is 4.74 Å². The zero-order valence-electron chi connectivity index (χ0n) is 13.3. The zero-order valence-corrected chi connectivity index (χ0v) is 13.3. The summed E-state index contributed by atoms with van der Waals surface area (Å²) in [5.41, 5.74) is 4.11. The van der Waals surface area contributed by atoms with Crippen LogP contribution in [0.25, 0.3) is 6.08 Å². The molecule has 0 amide bonds. The molecule has 0 unspecified atom stereocenters. The third-order valence-corrected chi connectivity index (χ3v) is 3.60. The van der Waals surface area contributed by atoms with E-state index in [1.54, 1.807) is 12.1 Å². The molecule has 1 aliphatic carbocycles. The normalized spacial score (nSPS) is 15.5. The molecule has 0 aliphatic heterocycles. The van der Waals surface area contributed by atoms with Gasteiger partial charge in [0.05, 0.1) is 12.7 Å². The van der Waals surface area contributed by atoms with E-state index in [1.165, 1.54) is 31.2 Å². The van der Waals surface area contributed by atoms with Gasteiger partial charge in [0.1, 0.15) is 0 Å². The summed E-state index contributed by atoms with van der Waals surface area (Å²) in [6.07, 6.45) is 11.8. The Morgan fingerprint density at radius 2 is 2.09 bits per heavy atom. The number of carbonyl (C=O) groups excluding carboxylic acids is 1. The molecule has 3 nitrogen and oxygen atoms in total. The lowest BCUT2D eigenvalue weighted by Crippen LogP contribution is -2.17. The molecule has 1 aromatic carbocycles. The predicted molar refractivity (Wildman–Crippen MR) is 90.5 cm³/mol. The topological polar surface area (TPSA) is 38.3 Å². The molecule has 0 atom stereocenters. The minimum Gasteiger partial charge on any atom is -0.465 e. The molecule has 1 N–H and O–H groups in total. The summed E-state index contributed by atoms with van der Waals surface area (Å²) in [6.45, 7) is 3.19. The van der Waals surface area contributed by atoms with Crippen molar-refractivity contribution in [1.82, 2.24) is 5.32 Å². The molecule has 1 aliphatic rings. The van der Waals surface area contributed by atoms with Gasteiger partial charge in [0, 0.05) is 12.2 Å². The number of hydrogen-bond acceptors (Lipinski definition) is 3. The van der Waals surface area contributed by atoms with E-state index in [4.69, 9.17) is 4.74 Å². The number of ether oxygens (including phenoxy) is 1. The van der Waals surface area contributed by atoms with Gasteiger partial charge in [-0.1, -0.05) is 37.6 Å². The first-order valence-electron chi connectivity index (χ1n) is 7.74. The first-order chi connectivity index (χ1) is 10.7. The van der Waals surface area contributed by atoms with Crippen molar-refractivity contribution in [3.63, 3.8) is 0 Å². The van der Waals surface area contributed by atoms with Crippen LogP contribution in [0.5, 0.6) is 0 Å². The van der Waals surface area contributed by atoms with Crippen molar-refractivity contribution >= 4 is 12.0 Å². The number of rotatable bonds is 6. The lowest BCUT2D eigenvalue weighted by Gasteiger charge is -2.16. The largest absolute Gasteiger partial charge is 0.465 e. The van der Waals surface area contributed by atoms with Gasteiger partial charge in [-0.15, -0.1) is 0 Å². The SMILES string of the molecule is CCCCNC1=CC=CCC1=Cc1ccc(C(=O)OC)cc1. The minimum atomic E-state index is -0.304. The number of allylic oxidation sites excluding steroid dienone is 4. The summed E-state index contributed by atoms with van der Waals surface area (Å²) in [4.78, 5) is 11.4. The molecular formula is C19H23NO2. The Morgan fingerprint density at radius 3 is 2.77 bits per heavy atom. The Balaban J connectivity index is 2.11. The number of hydrogen-bond donors (Lipinski definition) is 1. The quantitative estimate of drug-likeness (QED) is 0.635. The van der Waals surface area contributed by atoms with Crippen LogP contribution in [0.15, 0.2) is 53.8 Å². The summed E-state index contributed by atoms with van der Waals surface area (Å²) in [5.74, 6) is -0.304. The van der Waals surface area contributed by atoms with E-state index in [1.807, 2.05) is 12.1 Å². The fourth-order valence-corrected chi connectivity index (χ4v) is 2.32. The van der Waals surface area contributed by atoms with Gasteiger partial charge in [-0.3, -0.25) is 0 Å². The van der Waals surface area contributed by atoms with Crippen molar-refractivity contribution in [3.05, 3.63) is 64.9 Å². The lowest BCUT2D eigenvalue weighted by molar-refractivity contribution is 0.0600. The van der Waals surface area contributed by atoms with Crippen molar-refractivity contribution in [1.29, 1.82) is 0 Å². The van der Waals surface area contributed by atoms with Gasteiger partial charge in [-0.05, 0) is 48.3 Å². The molecule has 0 bridgehead atoms. The second kappa shape index (κ2) is 8.23. The van der Waals surface area contributed by atoms with Gasteiger partial charge in [0.2, 0.25) is 0 Å². The Labute approximate surface area is 132 Å². The molecule has 22 heavy (non-hydrogen) atoms. The summed E-state index contributed by atoms with van der Waals surface area (Å²) in [7, 11) is 1.39. The average molecular weight is 297 g/mol. The molecule has 0 spiro atoms. The fraction of sp³-hybridized carbons (Fsp3) is 0.316. The maximum atomic E-state index is 11.4. The van der Waals surface area contributed by atoms with Gasteiger partial charge in [0.25, 0.3) is 0 Å². The Hall–Kier alpha value is -2.29. The number of esters is 1. The summed E-state index contributed by atoms with van der Waals surface area (Å²) in [5, 5.41) is 3.50. The van der Waals surface area contributed by atoms with E-state index < -0.39 is 0 Å². The number of unbranched alkanes of at least 4 members (excludes halogenated alkanes) is 1. The highest BCUT2D eigenvalue weighted by Gasteiger charge is 2.08. The van der Waals surface area contributed by atoms with Crippen molar-refractivity contribution < 1.29 is 9.53 Å². The van der Waals surface area contributed by atoms with E-state index in [0.29, 0.717) is 5.56 Å². The molecule has 2 rings (SSSR count). The third-order valence-electron chi connectivity index (χ3n) is 3.60. The van der Waals surface area contributed by atoms with E-state index in [-0.39, 0.29) is 5.97 Å². The molecule has 0 heterocycles. The van der Waals surface area contributed by atoms with Gasteiger partial charge < -0.3 is 10.1 Å². The second-order valence-corrected chi connectivity index (χ2v) is 5.28. The van der Waals surface area contributed by atoms with Crippen LogP contribution in [0.3, 0.4) is 0 Å². The van der Waals surface area contributed by atoms with E-state index >= 15 is 0 Å². The standard InChI is InChI=1S/C19H23NO2/c1-3-4-13-20-18-8-6-5-7-17(18)14-15-9-11-16(12-10-15)19(21)22-2/h5-6,8-12,14,20H,3-4,7,13H2,1-2H3. The van der Waals surface area contributed by atoms with Crippen LogP contribution in [0.1, 0.15) is 42.1 Å². The molecule has 0 fully saturated rings. The molecule has 0 radical (unpaired) electrons. The van der Waals surface area contributed by atoms with Crippen LogP contribution < -0.4 is 5.32 Å². The van der Waals surface area contributed by atoms with Crippen LogP contribution >= 0.6 is 0 Å². The first kappa shape index (κ1) is 16.1. The number of methoxy groups -OCH3 is 1. The minimum absolute atomic E-state index is 0.304. The van der Waals surface area contributed by atoms with Crippen LogP contribution in [-0.4, -0.2) is 19.6 Å². The molecule has 3 heteroatoms. The Kier molecular flexibility index (Phi) is 6.01. The molecule has 0 aromatic heterocycles. The van der Waals surface area contributed by atoms with E-state index in [0.717, 1.165) is 18.5 Å². The van der Waals surface area contributed by atoms with Crippen LogP contribution in [0.2, 0.25) is 0 Å². The smallest absolute Gasteiger partial charge is 0.337 e. The zero-order chi connectivity index (χ0) is 15.8. The van der Waals surface area contributed by atoms with Crippen molar-refractivity contribution in [2.24, 2.45) is 0 Å². The maximum absolute atomic E-state index is 11.4. The predicted octanol–water partition coefficient (Wildman–Crippen LogP) is 4.09. The number of benzene rings is 1. The molecule has 1 aromatic rings. The molecule has 0 saturated heterocycles. The Morgan fingerprint density at radius 1 is 1.32 bits per heavy atom.